The number of benzene rings is 4. The van der Waals surface area contributed by atoms with Crippen molar-refractivity contribution >= 4 is 29.1 Å². The van der Waals surface area contributed by atoms with Gasteiger partial charge in [-0.15, -0.1) is 0 Å². The summed E-state index contributed by atoms with van der Waals surface area (Å²) in [4.78, 5) is 20.3. The van der Waals surface area contributed by atoms with E-state index in [-0.39, 0.29) is 0 Å². The fourth-order valence-electron chi connectivity index (χ4n) is 3.76. The lowest BCUT2D eigenvalue weighted by molar-refractivity contribution is 0.164. The Morgan fingerprint density at radius 3 is 2.06 bits per heavy atom. The van der Waals surface area contributed by atoms with E-state index >= 15 is 0 Å². The number of hydroxylamine groups is 1. The molecule has 0 aliphatic carbocycles. The summed E-state index contributed by atoms with van der Waals surface area (Å²) < 4.78 is 5.93. The van der Waals surface area contributed by atoms with Crippen molar-refractivity contribution in [2.75, 3.05) is 9.96 Å². The first-order valence-electron chi connectivity index (χ1n) is 10.6. The van der Waals surface area contributed by atoms with Gasteiger partial charge < -0.3 is 9.57 Å². The van der Waals surface area contributed by atoms with Crippen molar-refractivity contribution in [2.45, 2.75) is 12.8 Å². The number of rotatable bonds is 6. The molecule has 33 heavy (non-hydrogen) atoms. The molecule has 1 aliphatic rings. The summed E-state index contributed by atoms with van der Waals surface area (Å²) in [5.74, 6) is 0.747. The highest BCUT2D eigenvalue weighted by Crippen LogP contribution is 2.40. The molecule has 0 aromatic heterocycles. The Morgan fingerprint density at radius 1 is 0.758 bits per heavy atom. The average Bonchev–Trinajstić information content (AvgIpc) is 3.22. The third kappa shape index (κ3) is 4.49. The predicted octanol–water partition coefficient (Wildman–Crippen LogP) is 7.00. The van der Waals surface area contributed by atoms with E-state index in [1.807, 2.05) is 97.1 Å². The zero-order valence-corrected chi connectivity index (χ0v) is 18.4. The van der Waals surface area contributed by atoms with E-state index in [1.165, 1.54) is 0 Å². The van der Waals surface area contributed by atoms with E-state index < -0.39 is 12.3 Å². The molecule has 164 valence electrons. The van der Waals surface area contributed by atoms with Gasteiger partial charge in [0, 0.05) is 10.7 Å². The fraction of sp³-hybridized carbons (Fsp3) is 0.0741. The van der Waals surface area contributed by atoms with Gasteiger partial charge in [-0.3, -0.25) is 0 Å². The molecule has 4 aromatic carbocycles. The van der Waals surface area contributed by atoms with Gasteiger partial charge in [0.1, 0.15) is 12.4 Å². The third-order valence-electron chi connectivity index (χ3n) is 5.38. The Labute approximate surface area is 197 Å². The number of carbonyl (C=O) groups is 1. The van der Waals surface area contributed by atoms with Gasteiger partial charge in [-0.1, -0.05) is 72.3 Å². The maximum Gasteiger partial charge on any atom is 0.440 e. The second kappa shape index (κ2) is 9.27. The standard InChI is InChI=1S/C27H21ClN2O3/c28-22-13-15-23(16-14-22)29-26(30(33-27(29)31)24-9-5-2-6-10-24)21-11-17-25(18-12-21)32-19-20-7-3-1-4-8-20/h1-18,26H,19H2. The first kappa shape index (κ1) is 20.9. The number of anilines is 2. The molecule has 1 atom stereocenters. The maximum absolute atomic E-state index is 13.0. The molecule has 1 unspecified atom stereocenters. The van der Waals surface area contributed by atoms with Crippen molar-refractivity contribution in [1.82, 2.24) is 0 Å². The minimum Gasteiger partial charge on any atom is -0.489 e. The molecule has 0 N–H and O–H groups in total. The molecular formula is C27H21ClN2O3. The molecule has 1 amide bonds. The van der Waals surface area contributed by atoms with Crippen molar-refractivity contribution < 1.29 is 14.4 Å². The lowest BCUT2D eigenvalue weighted by Gasteiger charge is -2.27. The van der Waals surface area contributed by atoms with Crippen LogP contribution in [0.1, 0.15) is 17.3 Å². The van der Waals surface area contributed by atoms with Crippen LogP contribution < -0.4 is 14.7 Å². The third-order valence-corrected chi connectivity index (χ3v) is 5.63. The quantitative estimate of drug-likeness (QED) is 0.313. The molecule has 1 aliphatic heterocycles. The number of halogens is 1. The van der Waals surface area contributed by atoms with E-state index in [1.54, 1.807) is 22.1 Å². The van der Waals surface area contributed by atoms with Crippen molar-refractivity contribution in [2.24, 2.45) is 0 Å². The maximum atomic E-state index is 13.0. The smallest absolute Gasteiger partial charge is 0.440 e. The van der Waals surface area contributed by atoms with E-state index in [9.17, 15) is 4.79 Å². The molecule has 1 fully saturated rings. The van der Waals surface area contributed by atoms with Gasteiger partial charge in [-0.25, -0.2) is 9.69 Å². The molecule has 5 nitrogen and oxygen atoms in total. The normalized spacial score (nSPS) is 15.4. The Kier molecular flexibility index (Phi) is 5.87. The molecule has 1 heterocycles. The van der Waals surface area contributed by atoms with Crippen LogP contribution in [0.3, 0.4) is 0 Å². The molecule has 0 saturated carbocycles. The van der Waals surface area contributed by atoms with Gasteiger partial charge in [-0.05, 0) is 59.7 Å². The summed E-state index contributed by atoms with van der Waals surface area (Å²) in [6, 6.07) is 34.4. The second-order valence-electron chi connectivity index (χ2n) is 7.58. The first-order valence-corrected chi connectivity index (χ1v) is 10.9. The van der Waals surface area contributed by atoms with Gasteiger partial charge in [-0.2, -0.15) is 5.06 Å². The van der Waals surface area contributed by atoms with Gasteiger partial charge in [0.05, 0.1) is 5.69 Å². The van der Waals surface area contributed by atoms with E-state index in [0.717, 1.165) is 22.6 Å². The van der Waals surface area contributed by atoms with Crippen LogP contribution in [0.15, 0.2) is 109 Å². The molecular weight excluding hydrogens is 436 g/mol. The van der Waals surface area contributed by atoms with E-state index in [4.69, 9.17) is 21.2 Å². The number of para-hydroxylation sites is 1. The zero-order valence-electron chi connectivity index (χ0n) is 17.7. The monoisotopic (exact) mass is 456 g/mol. The van der Waals surface area contributed by atoms with Crippen molar-refractivity contribution in [1.29, 1.82) is 0 Å². The minimum atomic E-state index is -0.496. The van der Waals surface area contributed by atoms with Crippen LogP contribution in [-0.2, 0) is 11.4 Å². The van der Waals surface area contributed by atoms with Crippen LogP contribution in [0.2, 0.25) is 5.02 Å². The molecule has 0 bridgehead atoms. The highest BCUT2D eigenvalue weighted by atomic mass is 35.5. The van der Waals surface area contributed by atoms with Crippen molar-refractivity contribution in [3.63, 3.8) is 0 Å². The van der Waals surface area contributed by atoms with Crippen LogP contribution in [0.5, 0.6) is 5.75 Å². The average molecular weight is 457 g/mol. The van der Waals surface area contributed by atoms with E-state index in [0.29, 0.717) is 17.3 Å². The Bertz CT molecular complexity index is 1220. The van der Waals surface area contributed by atoms with Gasteiger partial charge in [0.15, 0.2) is 6.17 Å². The molecule has 0 spiro atoms. The topological polar surface area (TPSA) is 42.0 Å². The van der Waals surface area contributed by atoms with Crippen LogP contribution in [0, 0.1) is 0 Å². The second-order valence-corrected chi connectivity index (χ2v) is 8.02. The summed E-state index contributed by atoms with van der Waals surface area (Å²) in [5.41, 5.74) is 3.45. The number of nitrogens with zero attached hydrogens (tertiary/aromatic N) is 2. The van der Waals surface area contributed by atoms with Gasteiger partial charge in [0.2, 0.25) is 0 Å². The number of hydrogen-bond acceptors (Lipinski definition) is 4. The van der Waals surface area contributed by atoms with Crippen LogP contribution in [0.4, 0.5) is 16.2 Å². The SMILES string of the molecule is O=C1ON(c2ccccc2)C(c2ccc(OCc3ccccc3)cc2)N1c1ccc(Cl)cc1. The first-order chi connectivity index (χ1) is 16.2. The highest BCUT2D eigenvalue weighted by molar-refractivity contribution is 6.30. The Morgan fingerprint density at radius 2 is 1.39 bits per heavy atom. The molecule has 4 aromatic rings. The summed E-state index contributed by atoms with van der Waals surface area (Å²) >= 11 is 6.07. The molecule has 0 radical (unpaired) electrons. The summed E-state index contributed by atoms with van der Waals surface area (Å²) in [6.07, 6.45) is -0.958. The lowest BCUT2D eigenvalue weighted by atomic mass is 10.1. The van der Waals surface area contributed by atoms with E-state index in [2.05, 4.69) is 0 Å². The van der Waals surface area contributed by atoms with Crippen LogP contribution in [0.25, 0.3) is 0 Å². The Balaban J connectivity index is 1.45. The summed E-state index contributed by atoms with van der Waals surface area (Å²) in [7, 11) is 0. The van der Waals surface area contributed by atoms with Crippen LogP contribution >= 0.6 is 11.6 Å². The zero-order chi connectivity index (χ0) is 22.6. The van der Waals surface area contributed by atoms with Gasteiger partial charge >= 0.3 is 6.09 Å². The molecule has 6 heteroatoms. The lowest BCUT2D eigenvalue weighted by Crippen LogP contribution is -2.31. The number of ether oxygens (including phenoxy) is 1. The minimum absolute atomic E-state index is 0.462. The fourth-order valence-corrected chi connectivity index (χ4v) is 3.89. The Hall–Kier alpha value is -3.96. The molecule has 1 saturated heterocycles. The number of carbonyl (C=O) groups excluding carboxylic acids is 1. The molecule has 5 rings (SSSR count). The number of amides is 1. The van der Waals surface area contributed by atoms with Gasteiger partial charge in [0.25, 0.3) is 0 Å². The van der Waals surface area contributed by atoms with Crippen molar-refractivity contribution in [3.8, 4) is 5.75 Å². The number of hydrogen-bond donors (Lipinski definition) is 0. The largest absolute Gasteiger partial charge is 0.489 e. The highest BCUT2D eigenvalue weighted by Gasteiger charge is 2.42. The van der Waals surface area contributed by atoms with Crippen molar-refractivity contribution in [3.05, 3.63) is 125 Å². The summed E-state index contributed by atoms with van der Waals surface area (Å²) in [5, 5.41) is 2.22. The summed E-state index contributed by atoms with van der Waals surface area (Å²) in [6.45, 7) is 0.484. The predicted molar refractivity (Wildman–Crippen MR) is 129 cm³/mol. The van der Waals surface area contributed by atoms with Crippen LogP contribution in [-0.4, -0.2) is 6.09 Å².